The highest BCUT2D eigenvalue weighted by molar-refractivity contribution is 5.97. The molecule has 1 saturated heterocycles. The van der Waals surface area contributed by atoms with Crippen molar-refractivity contribution in [3.05, 3.63) is 36.2 Å². The van der Waals surface area contributed by atoms with E-state index in [0.29, 0.717) is 12.2 Å². The predicted octanol–water partition coefficient (Wildman–Crippen LogP) is 1.36. The maximum atomic E-state index is 11.8. The summed E-state index contributed by atoms with van der Waals surface area (Å²) in [6, 6.07) is 7.11. The Morgan fingerprint density at radius 3 is 2.67 bits per heavy atom. The van der Waals surface area contributed by atoms with E-state index in [-0.39, 0.29) is 5.78 Å². The van der Waals surface area contributed by atoms with Gasteiger partial charge in [0.25, 0.3) is 0 Å². The summed E-state index contributed by atoms with van der Waals surface area (Å²) >= 11 is 0. The number of benzene rings is 1. The molecule has 1 aliphatic heterocycles. The summed E-state index contributed by atoms with van der Waals surface area (Å²) in [6.07, 6.45) is 3.30. The van der Waals surface area contributed by atoms with Crippen LogP contribution in [0.25, 0.3) is 0 Å². The molecule has 0 atom stereocenters. The van der Waals surface area contributed by atoms with Gasteiger partial charge in [0.1, 0.15) is 0 Å². The minimum atomic E-state index is 0.172. The number of hydrogen-bond acceptors (Lipinski definition) is 3. The van der Waals surface area contributed by atoms with Crippen LogP contribution in [0, 0.1) is 6.42 Å². The van der Waals surface area contributed by atoms with Crippen molar-refractivity contribution in [2.24, 2.45) is 0 Å². The lowest BCUT2D eigenvalue weighted by Gasteiger charge is -2.12. The zero-order valence-electron chi connectivity index (χ0n) is 8.65. The van der Waals surface area contributed by atoms with Crippen LogP contribution in [0.15, 0.2) is 24.3 Å². The molecule has 3 heteroatoms. The summed E-state index contributed by atoms with van der Waals surface area (Å²) in [5.74, 6) is 0.172. The lowest BCUT2D eigenvalue weighted by atomic mass is 10.1. The number of hydrogen-bond donors (Lipinski definition) is 1. The number of nitrogens with zero attached hydrogens (tertiary/aromatic N) is 1. The van der Waals surface area contributed by atoms with E-state index >= 15 is 0 Å². The summed E-state index contributed by atoms with van der Waals surface area (Å²) in [5, 5.41) is 0. The van der Waals surface area contributed by atoms with Crippen molar-refractivity contribution >= 4 is 11.5 Å². The molecule has 2 N–H and O–H groups in total. The number of rotatable bonds is 3. The maximum Gasteiger partial charge on any atom is 0.176 e. The average molecular weight is 203 g/mol. The molecule has 0 aliphatic carbocycles. The van der Waals surface area contributed by atoms with E-state index in [9.17, 15) is 4.79 Å². The largest absolute Gasteiger partial charge is 0.399 e. The Morgan fingerprint density at radius 2 is 2.07 bits per heavy atom. The first-order valence-electron chi connectivity index (χ1n) is 5.18. The Morgan fingerprint density at radius 1 is 1.33 bits per heavy atom. The molecule has 3 nitrogen and oxygen atoms in total. The van der Waals surface area contributed by atoms with Gasteiger partial charge in [0.15, 0.2) is 5.78 Å². The molecule has 1 aromatic carbocycles. The Bertz CT molecular complexity index is 339. The van der Waals surface area contributed by atoms with Crippen molar-refractivity contribution in [1.29, 1.82) is 0 Å². The third kappa shape index (κ3) is 2.57. The van der Waals surface area contributed by atoms with Crippen molar-refractivity contribution < 1.29 is 4.79 Å². The highest BCUT2D eigenvalue weighted by Crippen LogP contribution is 2.10. The molecule has 15 heavy (non-hydrogen) atoms. The van der Waals surface area contributed by atoms with Crippen molar-refractivity contribution in [3.63, 3.8) is 0 Å². The van der Waals surface area contributed by atoms with E-state index in [2.05, 4.69) is 11.3 Å². The van der Waals surface area contributed by atoms with E-state index in [0.717, 1.165) is 25.1 Å². The molecule has 0 amide bonds. The summed E-state index contributed by atoms with van der Waals surface area (Å²) in [5.41, 5.74) is 7.01. The lowest BCUT2D eigenvalue weighted by Crippen LogP contribution is -2.26. The fraction of sp³-hybridized carbons (Fsp3) is 0.333. The molecular formula is C12H15N2O. The number of nitrogen functional groups attached to an aromatic ring is 1. The summed E-state index contributed by atoms with van der Waals surface area (Å²) in [6.45, 7) is 2.45. The van der Waals surface area contributed by atoms with Crippen LogP contribution in [-0.4, -0.2) is 30.3 Å². The third-order valence-corrected chi connectivity index (χ3v) is 2.64. The molecule has 1 aliphatic rings. The zero-order valence-corrected chi connectivity index (χ0v) is 8.65. The summed E-state index contributed by atoms with van der Waals surface area (Å²) in [4.78, 5) is 14.0. The molecule has 0 spiro atoms. The SMILES string of the molecule is Nc1ccc(C(=O)CN2C[CH]CC2)cc1. The summed E-state index contributed by atoms with van der Waals surface area (Å²) in [7, 11) is 0. The fourth-order valence-corrected chi connectivity index (χ4v) is 1.75. The summed E-state index contributed by atoms with van der Waals surface area (Å²) < 4.78 is 0. The van der Waals surface area contributed by atoms with Crippen LogP contribution in [-0.2, 0) is 0 Å². The van der Waals surface area contributed by atoms with Crippen LogP contribution in [0.5, 0.6) is 0 Å². The number of carbonyl (C=O) groups excluding carboxylic acids is 1. The van der Waals surface area contributed by atoms with Crippen molar-refractivity contribution in [2.75, 3.05) is 25.4 Å². The quantitative estimate of drug-likeness (QED) is 0.596. The monoisotopic (exact) mass is 203 g/mol. The Labute approximate surface area is 89.9 Å². The minimum Gasteiger partial charge on any atom is -0.399 e. The van der Waals surface area contributed by atoms with Gasteiger partial charge in [-0.05, 0) is 43.7 Å². The smallest absolute Gasteiger partial charge is 0.176 e. The first kappa shape index (κ1) is 10.2. The molecule has 79 valence electrons. The van der Waals surface area contributed by atoms with Gasteiger partial charge in [0.2, 0.25) is 0 Å². The van der Waals surface area contributed by atoms with E-state index in [1.807, 2.05) is 0 Å². The van der Waals surface area contributed by atoms with E-state index in [4.69, 9.17) is 5.73 Å². The highest BCUT2D eigenvalue weighted by Gasteiger charge is 2.15. The number of likely N-dealkylation sites (tertiary alicyclic amines) is 1. The molecule has 0 unspecified atom stereocenters. The van der Waals surface area contributed by atoms with Crippen LogP contribution in [0.1, 0.15) is 16.8 Å². The third-order valence-electron chi connectivity index (χ3n) is 2.64. The van der Waals surface area contributed by atoms with Gasteiger partial charge in [-0.15, -0.1) is 0 Å². The van der Waals surface area contributed by atoms with Crippen molar-refractivity contribution in [1.82, 2.24) is 4.90 Å². The fourth-order valence-electron chi connectivity index (χ4n) is 1.75. The van der Waals surface area contributed by atoms with Crippen LogP contribution < -0.4 is 5.73 Å². The Hall–Kier alpha value is -1.35. The second kappa shape index (κ2) is 4.45. The topological polar surface area (TPSA) is 46.3 Å². The molecule has 1 fully saturated rings. The Balaban J connectivity index is 1.98. The lowest BCUT2D eigenvalue weighted by molar-refractivity contribution is 0.0946. The van der Waals surface area contributed by atoms with Crippen LogP contribution in [0.4, 0.5) is 5.69 Å². The molecule has 1 aromatic rings. The first-order valence-corrected chi connectivity index (χ1v) is 5.18. The van der Waals surface area contributed by atoms with Crippen LogP contribution in [0.3, 0.4) is 0 Å². The zero-order chi connectivity index (χ0) is 10.7. The minimum absolute atomic E-state index is 0.172. The van der Waals surface area contributed by atoms with E-state index < -0.39 is 0 Å². The van der Waals surface area contributed by atoms with Crippen LogP contribution >= 0.6 is 0 Å². The van der Waals surface area contributed by atoms with Crippen molar-refractivity contribution in [3.8, 4) is 0 Å². The van der Waals surface area contributed by atoms with Gasteiger partial charge in [-0.3, -0.25) is 9.69 Å². The number of ketones is 1. The molecular weight excluding hydrogens is 188 g/mol. The van der Waals surface area contributed by atoms with Gasteiger partial charge < -0.3 is 5.73 Å². The molecule has 2 rings (SSSR count). The molecule has 0 bridgehead atoms. The number of anilines is 1. The second-order valence-electron chi connectivity index (χ2n) is 3.86. The average Bonchev–Trinajstić information content (AvgIpc) is 2.71. The van der Waals surface area contributed by atoms with Gasteiger partial charge in [-0.1, -0.05) is 0 Å². The second-order valence-corrected chi connectivity index (χ2v) is 3.86. The predicted molar refractivity (Wildman–Crippen MR) is 60.5 cm³/mol. The van der Waals surface area contributed by atoms with Gasteiger partial charge in [-0.25, -0.2) is 0 Å². The Kier molecular flexibility index (Phi) is 3.02. The molecule has 1 radical (unpaired) electrons. The van der Waals surface area contributed by atoms with Gasteiger partial charge in [-0.2, -0.15) is 0 Å². The molecule has 1 heterocycles. The molecule has 0 aromatic heterocycles. The van der Waals surface area contributed by atoms with Crippen LogP contribution in [0.2, 0.25) is 0 Å². The maximum absolute atomic E-state index is 11.8. The standard InChI is InChI=1S/C12H15N2O/c13-11-5-3-10(4-6-11)12(15)9-14-7-1-2-8-14/h1,3-6H,2,7-9,13H2. The van der Waals surface area contributed by atoms with Gasteiger partial charge in [0.05, 0.1) is 6.54 Å². The van der Waals surface area contributed by atoms with E-state index in [1.165, 1.54) is 0 Å². The first-order chi connectivity index (χ1) is 7.25. The normalized spacial score (nSPS) is 16.8. The number of carbonyl (C=O) groups is 1. The molecule has 0 saturated carbocycles. The van der Waals surface area contributed by atoms with Crippen molar-refractivity contribution in [2.45, 2.75) is 6.42 Å². The number of nitrogens with two attached hydrogens (primary N) is 1. The van der Waals surface area contributed by atoms with E-state index in [1.54, 1.807) is 24.3 Å². The van der Waals surface area contributed by atoms with Gasteiger partial charge >= 0.3 is 0 Å². The van der Waals surface area contributed by atoms with Gasteiger partial charge in [0, 0.05) is 17.8 Å². The number of Topliss-reactive ketones (excluding diaryl/α,β-unsaturated/α-hetero) is 1. The highest BCUT2D eigenvalue weighted by atomic mass is 16.1.